The number of nitrogens with one attached hydrogen (secondary N) is 1. The molecule has 0 atom stereocenters. The highest BCUT2D eigenvalue weighted by Gasteiger charge is 2.30. The minimum absolute atomic E-state index is 0.399. The molecule has 0 fully saturated rings. The van der Waals surface area contributed by atoms with Crippen molar-refractivity contribution in [3.8, 4) is 0 Å². The fourth-order valence-electron chi connectivity index (χ4n) is 0.766. The van der Waals surface area contributed by atoms with Crippen LogP contribution in [0.3, 0.4) is 0 Å². The maximum Gasteiger partial charge on any atom is 0.422 e. The van der Waals surface area contributed by atoms with Gasteiger partial charge in [0.25, 0.3) is 0 Å². The lowest BCUT2D eigenvalue weighted by atomic mass is 9.89. The van der Waals surface area contributed by atoms with E-state index >= 15 is 0 Å². The summed E-state index contributed by atoms with van der Waals surface area (Å²) in [6.45, 7) is 2.94. The number of carbonyl (C=O) groups excluding carboxylic acids is 2. The average molecular weight is 255 g/mol. The van der Waals surface area contributed by atoms with Crippen molar-refractivity contribution in [2.75, 3.05) is 13.2 Å². The molecule has 7 heteroatoms. The Kier molecular flexibility index (Phi) is 5.44. The number of alkyl halides is 3. The van der Waals surface area contributed by atoms with Crippen LogP contribution in [-0.2, 0) is 14.3 Å². The molecule has 0 aromatic carbocycles. The van der Waals surface area contributed by atoms with Gasteiger partial charge in [-0.15, -0.1) is 0 Å². The molecule has 17 heavy (non-hydrogen) atoms. The third kappa shape index (κ3) is 6.80. The van der Waals surface area contributed by atoms with Gasteiger partial charge in [0, 0.05) is 5.41 Å². The predicted octanol–water partition coefficient (Wildman–Crippen LogP) is 1.64. The molecule has 0 aliphatic rings. The Morgan fingerprint density at radius 3 is 2.18 bits per heavy atom. The highest BCUT2D eigenvalue weighted by atomic mass is 19.4. The third-order valence-electron chi connectivity index (χ3n) is 2.29. The molecule has 4 nitrogen and oxygen atoms in total. The van der Waals surface area contributed by atoms with Crippen molar-refractivity contribution < 1.29 is 27.5 Å². The number of hydrogen-bond donors (Lipinski definition) is 1. The quantitative estimate of drug-likeness (QED) is 0.760. The van der Waals surface area contributed by atoms with E-state index in [1.54, 1.807) is 20.8 Å². The van der Waals surface area contributed by atoms with Crippen LogP contribution in [0.4, 0.5) is 13.2 Å². The summed E-state index contributed by atoms with van der Waals surface area (Å²) in [6.07, 6.45) is -4.00. The first-order chi connectivity index (χ1) is 7.58. The monoisotopic (exact) mass is 255 g/mol. The van der Waals surface area contributed by atoms with Gasteiger partial charge >= 0.3 is 12.1 Å². The Morgan fingerprint density at radius 1 is 1.24 bits per heavy atom. The summed E-state index contributed by atoms with van der Waals surface area (Å²) in [5.74, 6) is -1.51. The lowest BCUT2D eigenvalue weighted by molar-refractivity contribution is -0.185. The molecule has 0 saturated heterocycles. The fraction of sp³-hybridized carbons (Fsp3) is 0.800. The zero-order valence-corrected chi connectivity index (χ0v) is 9.98. The van der Waals surface area contributed by atoms with E-state index in [1.165, 1.54) is 0 Å². The average Bonchev–Trinajstić information content (AvgIpc) is 2.21. The second-order valence-electron chi connectivity index (χ2n) is 4.20. The highest BCUT2D eigenvalue weighted by Crippen LogP contribution is 2.19. The first kappa shape index (κ1) is 15.7. The summed E-state index contributed by atoms with van der Waals surface area (Å²) in [4.78, 5) is 22.3. The molecule has 0 spiro atoms. The molecule has 1 N–H and O–H groups in total. The number of halogens is 3. The molecule has 100 valence electrons. The van der Waals surface area contributed by atoms with E-state index in [0.717, 1.165) is 0 Å². The first-order valence-electron chi connectivity index (χ1n) is 5.09. The van der Waals surface area contributed by atoms with Crippen LogP contribution in [0.15, 0.2) is 0 Å². The summed E-state index contributed by atoms with van der Waals surface area (Å²) in [5.41, 5.74) is -0.662. The van der Waals surface area contributed by atoms with Crippen LogP contribution in [0, 0.1) is 5.41 Å². The second kappa shape index (κ2) is 5.88. The van der Waals surface area contributed by atoms with Crippen LogP contribution < -0.4 is 5.32 Å². The Hall–Kier alpha value is -1.27. The molecule has 0 aliphatic carbocycles. The van der Waals surface area contributed by atoms with Gasteiger partial charge in [0.05, 0.1) is 0 Å². The Labute approximate surface area is 97.5 Å². The van der Waals surface area contributed by atoms with Crippen molar-refractivity contribution in [2.45, 2.75) is 33.4 Å². The molecular weight excluding hydrogens is 239 g/mol. The zero-order chi connectivity index (χ0) is 13.7. The molecule has 0 aliphatic heterocycles. The zero-order valence-electron chi connectivity index (χ0n) is 9.98. The maximum atomic E-state index is 11.7. The standard InChI is InChI=1S/C10H16F3NO3/c1-4-9(2,3)8(16)14-5-7(15)17-6-10(11,12)13/h4-6H2,1-3H3,(H,14,16). The summed E-state index contributed by atoms with van der Waals surface area (Å²) in [6, 6.07) is 0. The number of rotatable bonds is 5. The van der Waals surface area contributed by atoms with Gasteiger partial charge < -0.3 is 10.1 Å². The molecule has 0 aromatic heterocycles. The summed E-state index contributed by atoms with van der Waals surface area (Å²) in [7, 11) is 0. The predicted molar refractivity (Wildman–Crippen MR) is 54.1 cm³/mol. The molecule has 1 amide bonds. The van der Waals surface area contributed by atoms with Crippen LogP contribution in [-0.4, -0.2) is 31.2 Å². The van der Waals surface area contributed by atoms with Crippen molar-refractivity contribution in [1.82, 2.24) is 5.32 Å². The lowest BCUT2D eigenvalue weighted by Crippen LogP contribution is -2.40. The third-order valence-corrected chi connectivity index (χ3v) is 2.29. The van der Waals surface area contributed by atoms with Gasteiger partial charge in [0.1, 0.15) is 6.54 Å². The Balaban J connectivity index is 3.97. The molecule has 0 aromatic rings. The fourth-order valence-corrected chi connectivity index (χ4v) is 0.766. The van der Waals surface area contributed by atoms with E-state index in [9.17, 15) is 22.8 Å². The van der Waals surface area contributed by atoms with E-state index in [2.05, 4.69) is 10.1 Å². The van der Waals surface area contributed by atoms with Crippen molar-refractivity contribution in [2.24, 2.45) is 5.41 Å². The molecule has 0 rings (SSSR count). The molecule has 0 bridgehead atoms. The van der Waals surface area contributed by atoms with Gasteiger partial charge in [-0.3, -0.25) is 9.59 Å². The van der Waals surface area contributed by atoms with Crippen molar-refractivity contribution in [3.05, 3.63) is 0 Å². The van der Waals surface area contributed by atoms with Gasteiger partial charge in [-0.2, -0.15) is 13.2 Å². The van der Waals surface area contributed by atoms with Crippen molar-refractivity contribution in [3.63, 3.8) is 0 Å². The maximum absolute atomic E-state index is 11.7. The second-order valence-corrected chi connectivity index (χ2v) is 4.20. The van der Waals surface area contributed by atoms with Gasteiger partial charge in [0.15, 0.2) is 6.61 Å². The van der Waals surface area contributed by atoms with E-state index in [-0.39, 0.29) is 0 Å². The minimum Gasteiger partial charge on any atom is -0.455 e. The molecular formula is C10H16F3NO3. The van der Waals surface area contributed by atoms with Gasteiger partial charge in [-0.05, 0) is 6.42 Å². The number of carbonyl (C=O) groups is 2. The van der Waals surface area contributed by atoms with E-state index in [4.69, 9.17) is 0 Å². The normalized spacial score (nSPS) is 12.1. The lowest BCUT2D eigenvalue weighted by Gasteiger charge is -2.21. The van der Waals surface area contributed by atoms with Gasteiger partial charge in [-0.25, -0.2) is 0 Å². The van der Waals surface area contributed by atoms with Gasteiger partial charge in [-0.1, -0.05) is 20.8 Å². The minimum atomic E-state index is -4.55. The summed E-state index contributed by atoms with van der Waals surface area (Å²) in [5, 5.41) is 2.23. The van der Waals surface area contributed by atoms with Gasteiger partial charge in [0.2, 0.25) is 5.91 Å². The number of esters is 1. The number of ether oxygens (including phenoxy) is 1. The van der Waals surface area contributed by atoms with E-state index in [1.807, 2.05) is 0 Å². The number of hydrogen-bond acceptors (Lipinski definition) is 3. The van der Waals surface area contributed by atoms with Crippen LogP contribution in [0.1, 0.15) is 27.2 Å². The molecule has 0 unspecified atom stereocenters. The largest absolute Gasteiger partial charge is 0.455 e. The first-order valence-corrected chi connectivity index (χ1v) is 5.09. The molecule has 0 radical (unpaired) electrons. The van der Waals surface area contributed by atoms with Crippen LogP contribution >= 0.6 is 0 Å². The highest BCUT2D eigenvalue weighted by molar-refractivity contribution is 5.85. The number of amides is 1. The van der Waals surface area contributed by atoms with Crippen LogP contribution in [0.25, 0.3) is 0 Å². The van der Waals surface area contributed by atoms with Crippen molar-refractivity contribution >= 4 is 11.9 Å². The van der Waals surface area contributed by atoms with E-state index in [0.29, 0.717) is 6.42 Å². The molecule has 0 saturated carbocycles. The topological polar surface area (TPSA) is 55.4 Å². The Bertz CT molecular complexity index is 287. The molecule has 0 heterocycles. The van der Waals surface area contributed by atoms with E-state index < -0.39 is 36.6 Å². The Morgan fingerprint density at radius 2 is 1.76 bits per heavy atom. The van der Waals surface area contributed by atoms with Crippen LogP contribution in [0.2, 0.25) is 0 Å². The smallest absolute Gasteiger partial charge is 0.422 e. The summed E-state index contributed by atoms with van der Waals surface area (Å²) >= 11 is 0. The van der Waals surface area contributed by atoms with Crippen LogP contribution in [0.5, 0.6) is 0 Å². The summed E-state index contributed by atoms with van der Waals surface area (Å²) < 4.78 is 39.0. The SMILES string of the molecule is CCC(C)(C)C(=O)NCC(=O)OCC(F)(F)F. The van der Waals surface area contributed by atoms with Crippen molar-refractivity contribution in [1.29, 1.82) is 0 Å².